The first-order valence-corrected chi connectivity index (χ1v) is 11.6. The summed E-state index contributed by atoms with van der Waals surface area (Å²) in [5.41, 5.74) is 8.34. The average molecular weight is 461 g/mol. The van der Waals surface area contributed by atoms with E-state index < -0.39 is 15.1 Å². The second kappa shape index (κ2) is 8.66. The van der Waals surface area contributed by atoms with Crippen molar-refractivity contribution in [1.82, 2.24) is 20.2 Å². The van der Waals surface area contributed by atoms with Crippen LogP contribution in [0, 0.1) is 0 Å². The van der Waals surface area contributed by atoms with Crippen molar-refractivity contribution in [3.8, 4) is 40.0 Å². The van der Waals surface area contributed by atoms with Crippen molar-refractivity contribution in [3.63, 3.8) is 0 Å². The molecule has 2 aromatic carbocycles. The second-order valence-corrected chi connectivity index (χ2v) is 10.1. The van der Waals surface area contributed by atoms with Crippen LogP contribution in [0.4, 0.5) is 5.82 Å². The summed E-state index contributed by atoms with van der Waals surface area (Å²) in [6.07, 6.45) is 1.76. The van der Waals surface area contributed by atoms with Crippen molar-refractivity contribution in [3.05, 3.63) is 54.2 Å². The Hall–Kier alpha value is -3.73. The van der Waals surface area contributed by atoms with Gasteiger partial charge in [0.25, 0.3) is 11.8 Å². The van der Waals surface area contributed by atoms with Crippen molar-refractivity contribution >= 4 is 23.5 Å². The number of nitrogen functional groups attached to an aromatic ring is 1. The second-order valence-electron chi connectivity index (χ2n) is 7.58. The number of hydrogen-bond donors (Lipinski definition) is 2. The quantitative estimate of drug-likeness (QED) is 0.414. The molecule has 2 radical (unpaired) electrons. The third kappa shape index (κ3) is 4.31. The molecule has 2 aromatic heterocycles. The van der Waals surface area contributed by atoms with Crippen LogP contribution >= 0.6 is 0 Å². The maximum atomic E-state index is 12.3. The molecule has 0 bridgehead atoms. The first-order chi connectivity index (χ1) is 15.7. The van der Waals surface area contributed by atoms with Crippen LogP contribution in [0.25, 0.3) is 34.3 Å². The van der Waals surface area contributed by atoms with E-state index in [4.69, 9.17) is 18.0 Å². The molecule has 33 heavy (non-hydrogen) atoms. The zero-order valence-electron chi connectivity index (χ0n) is 17.9. The normalized spacial score (nSPS) is 11.7. The van der Waals surface area contributed by atoms with Gasteiger partial charge in [-0.1, -0.05) is 30.1 Å². The number of phenolic OH excluding ortho intramolecular Hbond substituents is 1. The molecule has 0 saturated carbocycles. The molecule has 0 aliphatic heterocycles. The Labute approximate surface area is 192 Å². The Morgan fingerprint density at radius 2 is 1.79 bits per heavy atom. The lowest BCUT2D eigenvalue weighted by atomic mass is 9.96. The Bertz CT molecular complexity index is 1420. The number of benzene rings is 2. The Balaban J connectivity index is 1.68. The number of anilines is 1. The maximum absolute atomic E-state index is 12.3. The fourth-order valence-corrected chi connectivity index (χ4v) is 4.16. The van der Waals surface area contributed by atoms with E-state index in [1.807, 2.05) is 0 Å². The number of sulfone groups is 1. The van der Waals surface area contributed by atoms with Crippen molar-refractivity contribution < 1.29 is 17.9 Å². The first-order valence-electron chi connectivity index (χ1n) is 10.0. The molecule has 4 aromatic rings. The van der Waals surface area contributed by atoms with E-state index in [1.54, 1.807) is 38.1 Å². The van der Waals surface area contributed by atoms with Crippen LogP contribution in [0.5, 0.6) is 5.75 Å². The van der Waals surface area contributed by atoms with Gasteiger partial charge >= 0.3 is 0 Å². The summed E-state index contributed by atoms with van der Waals surface area (Å²) in [6, 6.07) is 11.3. The molecule has 0 fully saturated rings. The monoisotopic (exact) mass is 461 g/mol. The minimum absolute atomic E-state index is 0.0261. The van der Waals surface area contributed by atoms with E-state index in [9.17, 15) is 13.5 Å². The molecule has 0 amide bonds. The number of aromatic hydroxyl groups is 1. The molecule has 2 heterocycles. The van der Waals surface area contributed by atoms with Gasteiger partial charge in [0.2, 0.25) is 0 Å². The first kappa shape index (κ1) is 22.5. The van der Waals surface area contributed by atoms with Gasteiger partial charge in [-0.3, -0.25) is 0 Å². The van der Waals surface area contributed by atoms with E-state index in [0.717, 1.165) is 5.56 Å². The Morgan fingerprint density at radius 1 is 1.09 bits per heavy atom. The highest BCUT2D eigenvalue weighted by atomic mass is 32.2. The summed E-state index contributed by atoms with van der Waals surface area (Å²) in [6.45, 7) is 3.26. The number of rotatable bonds is 6. The largest absolute Gasteiger partial charge is 0.507 e. The smallest absolute Gasteiger partial charge is 0.270 e. The summed E-state index contributed by atoms with van der Waals surface area (Å²) in [4.78, 5) is 8.87. The average Bonchev–Trinajstić information content (AvgIpc) is 3.29. The molecule has 9 nitrogen and oxygen atoms in total. The van der Waals surface area contributed by atoms with Gasteiger partial charge in [0.05, 0.1) is 35.4 Å². The fourth-order valence-electron chi connectivity index (χ4n) is 3.10. The Kier molecular flexibility index (Phi) is 5.90. The van der Waals surface area contributed by atoms with Crippen LogP contribution in [-0.4, -0.2) is 46.8 Å². The highest BCUT2D eigenvalue weighted by molar-refractivity contribution is 7.92. The van der Waals surface area contributed by atoms with E-state index in [2.05, 4.69) is 20.2 Å². The minimum Gasteiger partial charge on any atom is -0.507 e. The summed E-state index contributed by atoms with van der Waals surface area (Å²) < 4.78 is 30.4. The Morgan fingerprint density at radius 3 is 2.42 bits per heavy atom. The zero-order valence-corrected chi connectivity index (χ0v) is 18.7. The van der Waals surface area contributed by atoms with E-state index in [-0.39, 0.29) is 40.3 Å². The SMILES string of the molecule is [B]Cc1ccc(-c2nnc(-c3nc(-c4ccc(S(=O)(=O)C(C)C)cc4)cnc3N)o2)c(O)c1. The van der Waals surface area contributed by atoms with Gasteiger partial charge in [-0.05, 0) is 38.1 Å². The van der Waals surface area contributed by atoms with Crippen LogP contribution in [0.3, 0.4) is 0 Å². The van der Waals surface area contributed by atoms with Gasteiger partial charge < -0.3 is 15.3 Å². The number of nitrogens with zero attached hydrogens (tertiary/aromatic N) is 4. The van der Waals surface area contributed by atoms with E-state index in [1.165, 1.54) is 24.4 Å². The molecule has 0 aliphatic carbocycles. The van der Waals surface area contributed by atoms with Crippen molar-refractivity contribution in [2.45, 2.75) is 30.3 Å². The highest BCUT2D eigenvalue weighted by Crippen LogP contribution is 2.32. The highest BCUT2D eigenvalue weighted by Gasteiger charge is 2.20. The topological polar surface area (TPSA) is 145 Å². The number of hydrogen-bond acceptors (Lipinski definition) is 9. The van der Waals surface area contributed by atoms with Crippen molar-refractivity contribution in [2.75, 3.05) is 5.73 Å². The standard InChI is InChI=1S/C22H20BN5O4S/c1-12(2)33(30,31)15-6-4-14(5-7-15)17-11-25-20(24)19(26-17)22-28-27-21(32-22)16-8-3-13(10-23)9-18(16)29/h3-9,11-12,29H,10H2,1-2H3,(H2,24,25). The molecule has 0 atom stereocenters. The third-order valence-corrected chi connectivity index (χ3v) is 7.23. The minimum atomic E-state index is -3.38. The van der Waals surface area contributed by atoms with Gasteiger partial charge in [-0.2, -0.15) is 0 Å². The van der Waals surface area contributed by atoms with Crippen LogP contribution in [0.2, 0.25) is 0 Å². The summed E-state index contributed by atoms with van der Waals surface area (Å²) in [5, 5.41) is 17.7. The molecule has 0 unspecified atom stereocenters. The van der Waals surface area contributed by atoms with Crippen LogP contribution in [-0.2, 0) is 16.2 Å². The van der Waals surface area contributed by atoms with E-state index in [0.29, 0.717) is 16.8 Å². The molecule has 0 saturated heterocycles. The summed E-state index contributed by atoms with van der Waals surface area (Å²) >= 11 is 0. The predicted molar refractivity (Wildman–Crippen MR) is 124 cm³/mol. The lowest BCUT2D eigenvalue weighted by Crippen LogP contribution is -2.13. The van der Waals surface area contributed by atoms with Crippen LogP contribution in [0.15, 0.2) is 58.0 Å². The van der Waals surface area contributed by atoms with E-state index >= 15 is 0 Å². The zero-order chi connectivity index (χ0) is 23.8. The molecule has 11 heteroatoms. The van der Waals surface area contributed by atoms with Gasteiger partial charge in [0, 0.05) is 5.56 Å². The van der Waals surface area contributed by atoms with Gasteiger partial charge in [-0.15, -0.1) is 10.2 Å². The van der Waals surface area contributed by atoms with Gasteiger partial charge in [0.15, 0.2) is 21.3 Å². The molecule has 3 N–H and O–H groups in total. The fraction of sp³-hybridized carbons (Fsp3) is 0.182. The van der Waals surface area contributed by atoms with Crippen LogP contribution < -0.4 is 5.73 Å². The van der Waals surface area contributed by atoms with Gasteiger partial charge in [-0.25, -0.2) is 18.4 Å². The molecular weight excluding hydrogens is 441 g/mol. The summed E-state index contributed by atoms with van der Waals surface area (Å²) in [7, 11) is 2.21. The lowest BCUT2D eigenvalue weighted by Gasteiger charge is -2.09. The lowest BCUT2D eigenvalue weighted by molar-refractivity contribution is 0.473. The molecule has 0 aliphatic rings. The maximum Gasteiger partial charge on any atom is 0.270 e. The number of nitrogens with two attached hydrogens (primary N) is 1. The molecule has 4 rings (SSSR count). The molecular formula is C22H20BN5O4S. The summed E-state index contributed by atoms with van der Waals surface area (Å²) in [5.74, 6) is 0.145. The van der Waals surface area contributed by atoms with Gasteiger partial charge in [0.1, 0.15) is 5.75 Å². The predicted octanol–water partition coefficient (Wildman–Crippen LogP) is 3.00. The third-order valence-electron chi connectivity index (χ3n) is 5.06. The molecule has 166 valence electrons. The van der Waals surface area contributed by atoms with Crippen molar-refractivity contribution in [2.24, 2.45) is 0 Å². The number of aromatic nitrogens is 4. The van der Waals surface area contributed by atoms with Crippen LogP contribution in [0.1, 0.15) is 19.4 Å². The molecule has 0 spiro atoms. The number of phenols is 1. The van der Waals surface area contributed by atoms with Crippen molar-refractivity contribution in [1.29, 1.82) is 0 Å².